The summed E-state index contributed by atoms with van der Waals surface area (Å²) in [6.45, 7) is 3.96. The molecule has 240 valence electrons. The minimum atomic E-state index is -0.0750. The van der Waals surface area contributed by atoms with Crippen molar-refractivity contribution in [3.63, 3.8) is 0 Å². The summed E-state index contributed by atoms with van der Waals surface area (Å²) in [5, 5.41) is 0.697. The number of benzene rings is 3. The number of para-hydroxylation sites is 1. The average molecular weight is 638 g/mol. The smallest absolute Gasteiger partial charge is 0.257 e. The first-order chi connectivity index (χ1) is 22.4. The summed E-state index contributed by atoms with van der Waals surface area (Å²) in [7, 11) is 1.96. The lowest BCUT2D eigenvalue weighted by Crippen LogP contribution is -2.35. The van der Waals surface area contributed by atoms with Crippen LogP contribution in [-0.4, -0.2) is 46.8 Å². The molecule has 2 amide bonds. The Hall–Kier alpha value is -4.23. The van der Waals surface area contributed by atoms with Crippen molar-refractivity contribution in [1.29, 1.82) is 0 Å². The molecule has 3 aromatic carbocycles. The van der Waals surface area contributed by atoms with Gasteiger partial charge in [0.25, 0.3) is 5.91 Å². The van der Waals surface area contributed by atoms with Crippen molar-refractivity contribution >= 4 is 35.1 Å². The van der Waals surface area contributed by atoms with Gasteiger partial charge in [0.1, 0.15) is 0 Å². The second-order valence-corrected chi connectivity index (χ2v) is 12.6. The SMILES string of the molecule is CC(=O)N1CCCCCCCCN(C(=O)c2cnc(N(C)Cc3ccc(Cl)cc3)nc2CCc2ccccc2)Cc2ccccc21. The quantitative estimate of drug-likeness (QED) is 0.206. The minimum Gasteiger partial charge on any atom is -0.340 e. The van der Waals surface area contributed by atoms with Crippen molar-refractivity contribution < 1.29 is 9.59 Å². The number of carbonyl (C=O) groups is 2. The molecule has 1 aliphatic rings. The molecule has 0 aliphatic carbocycles. The van der Waals surface area contributed by atoms with Crippen molar-refractivity contribution in [3.8, 4) is 0 Å². The van der Waals surface area contributed by atoms with Crippen LogP contribution in [0.5, 0.6) is 0 Å². The lowest BCUT2D eigenvalue weighted by Gasteiger charge is -2.28. The molecule has 0 unspecified atom stereocenters. The summed E-state index contributed by atoms with van der Waals surface area (Å²) in [5.41, 5.74) is 5.41. The predicted octanol–water partition coefficient (Wildman–Crippen LogP) is 7.90. The highest BCUT2D eigenvalue weighted by Crippen LogP contribution is 2.26. The van der Waals surface area contributed by atoms with Gasteiger partial charge in [-0.1, -0.05) is 97.9 Å². The number of amides is 2. The maximum absolute atomic E-state index is 14.5. The molecule has 4 aromatic rings. The Kier molecular flexibility index (Phi) is 11.8. The van der Waals surface area contributed by atoms with Gasteiger partial charge in [0.05, 0.1) is 11.3 Å². The molecule has 0 N–H and O–H groups in total. The van der Waals surface area contributed by atoms with Crippen LogP contribution in [0.3, 0.4) is 0 Å². The second kappa shape index (κ2) is 16.4. The topological polar surface area (TPSA) is 69.6 Å². The number of halogens is 1. The predicted molar refractivity (Wildman–Crippen MR) is 186 cm³/mol. The Labute approximate surface area is 278 Å². The summed E-state index contributed by atoms with van der Waals surface area (Å²) in [6, 6.07) is 26.0. The first kappa shape index (κ1) is 33.1. The fourth-order valence-electron chi connectivity index (χ4n) is 6.06. The second-order valence-electron chi connectivity index (χ2n) is 12.1. The third kappa shape index (κ3) is 8.94. The van der Waals surface area contributed by atoms with E-state index >= 15 is 0 Å². The van der Waals surface area contributed by atoms with E-state index in [9.17, 15) is 9.59 Å². The van der Waals surface area contributed by atoms with E-state index in [1.54, 1.807) is 13.1 Å². The molecule has 0 fully saturated rings. The molecule has 0 saturated carbocycles. The Bertz CT molecular complexity index is 1590. The fraction of sp³-hybridized carbons (Fsp3) is 0.368. The Morgan fingerprint density at radius 3 is 2.22 bits per heavy atom. The van der Waals surface area contributed by atoms with Crippen LogP contribution in [-0.2, 0) is 30.7 Å². The number of hydrogen-bond acceptors (Lipinski definition) is 5. The highest BCUT2D eigenvalue weighted by atomic mass is 35.5. The van der Waals surface area contributed by atoms with Gasteiger partial charge in [-0.3, -0.25) is 9.59 Å². The van der Waals surface area contributed by atoms with E-state index < -0.39 is 0 Å². The maximum Gasteiger partial charge on any atom is 0.257 e. The van der Waals surface area contributed by atoms with Crippen molar-refractivity contribution in [2.75, 3.05) is 29.9 Å². The van der Waals surface area contributed by atoms with Crippen LogP contribution in [0.15, 0.2) is 85.1 Å². The van der Waals surface area contributed by atoms with E-state index in [1.165, 1.54) is 5.56 Å². The number of fused-ring (bicyclic) bond motifs is 1. The summed E-state index contributed by atoms with van der Waals surface area (Å²) in [5.74, 6) is 0.520. The number of anilines is 2. The number of nitrogens with zero attached hydrogens (tertiary/aromatic N) is 5. The number of rotatable bonds is 7. The zero-order valence-corrected chi connectivity index (χ0v) is 27.8. The van der Waals surface area contributed by atoms with E-state index in [1.807, 2.05) is 88.5 Å². The van der Waals surface area contributed by atoms with E-state index in [0.29, 0.717) is 49.1 Å². The lowest BCUT2D eigenvalue weighted by atomic mass is 10.0. The Balaban J connectivity index is 1.47. The van der Waals surface area contributed by atoms with E-state index in [2.05, 4.69) is 12.1 Å². The van der Waals surface area contributed by atoms with Crippen LogP contribution < -0.4 is 9.80 Å². The molecule has 0 atom stereocenters. The maximum atomic E-state index is 14.5. The first-order valence-corrected chi connectivity index (χ1v) is 16.8. The third-order valence-corrected chi connectivity index (χ3v) is 8.88. The molecule has 8 heteroatoms. The summed E-state index contributed by atoms with van der Waals surface area (Å²) >= 11 is 6.10. The number of aromatic nitrogens is 2. The van der Waals surface area contributed by atoms with Crippen LogP contribution >= 0.6 is 11.6 Å². The standard InChI is InChI=1S/C38H44ClN5O2/c1-29(45)44-25-13-6-4-3-5-12-24-43(28-32-16-10-11-17-36(32)44)37(46)34-26-40-38(42(2)27-31-18-21-33(39)22-19-31)41-35(34)23-20-30-14-8-7-9-15-30/h7-11,14-19,21-22,26H,3-6,12-13,20,23-25,27-28H2,1-2H3. The summed E-state index contributed by atoms with van der Waals surface area (Å²) in [4.78, 5) is 42.7. The zero-order valence-electron chi connectivity index (χ0n) is 27.0. The van der Waals surface area contributed by atoms with Crippen molar-refractivity contribution in [2.45, 2.75) is 71.4 Å². The third-order valence-electron chi connectivity index (χ3n) is 8.62. The fourth-order valence-corrected chi connectivity index (χ4v) is 6.19. The Morgan fingerprint density at radius 2 is 1.48 bits per heavy atom. The van der Waals surface area contributed by atoms with E-state index in [0.717, 1.165) is 67.5 Å². The molecule has 46 heavy (non-hydrogen) atoms. The van der Waals surface area contributed by atoms with Gasteiger partial charge in [-0.2, -0.15) is 0 Å². The monoisotopic (exact) mass is 637 g/mol. The van der Waals surface area contributed by atoms with Gasteiger partial charge in [0, 0.05) is 57.1 Å². The number of hydrogen-bond donors (Lipinski definition) is 0. The molecule has 1 aromatic heterocycles. The highest BCUT2D eigenvalue weighted by Gasteiger charge is 2.24. The molecule has 0 spiro atoms. The van der Waals surface area contributed by atoms with Gasteiger partial charge in [-0.15, -0.1) is 0 Å². The van der Waals surface area contributed by atoms with Gasteiger partial charge in [0.2, 0.25) is 11.9 Å². The van der Waals surface area contributed by atoms with E-state index in [4.69, 9.17) is 21.6 Å². The van der Waals surface area contributed by atoms with Crippen LogP contribution in [0.1, 0.15) is 78.2 Å². The molecule has 0 bridgehead atoms. The average Bonchev–Trinajstić information content (AvgIpc) is 3.09. The first-order valence-electron chi connectivity index (χ1n) is 16.4. The lowest BCUT2D eigenvalue weighted by molar-refractivity contribution is -0.116. The van der Waals surface area contributed by atoms with Gasteiger partial charge in [-0.25, -0.2) is 9.97 Å². The van der Waals surface area contributed by atoms with Gasteiger partial charge >= 0.3 is 0 Å². The van der Waals surface area contributed by atoms with Crippen molar-refractivity contribution in [1.82, 2.24) is 14.9 Å². The highest BCUT2D eigenvalue weighted by molar-refractivity contribution is 6.30. The van der Waals surface area contributed by atoms with Crippen molar-refractivity contribution in [3.05, 3.63) is 118 Å². The largest absolute Gasteiger partial charge is 0.340 e. The molecule has 1 aliphatic heterocycles. The molecule has 0 saturated heterocycles. The summed E-state index contributed by atoms with van der Waals surface area (Å²) in [6.07, 6.45) is 9.37. The molecule has 5 rings (SSSR count). The molecule has 0 radical (unpaired) electrons. The minimum absolute atomic E-state index is 0.0232. The van der Waals surface area contributed by atoms with Crippen LogP contribution in [0.2, 0.25) is 5.02 Å². The molecular formula is C38H44ClN5O2. The zero-order chi connectivity index (χ0) is 32.3. The Morgan fingerprint density at radius 1 is 0.804 bits per heavy atom. The molecule has 7 nitrogen and oxygen atoms in total. The van der Waals surface area contributed by atoms with Crippen LogP contribution in [0, 0.1) is 0 Å². The number of carbonyl (C=O) groups excluding carboxylic acids is 2. The summed E-state index contributed by atoms with van der Waals surface area (Å²) < 4.78 is 0. The van der Waals surface area contributed by atoms with Gasteiger partial charge < -0.3 is 14.7 Å². The normalized spacial score (nSPS) is 14.4. The van der Waals surface area contributed by atoms with Crippen molar-refractivity contribution in [2.24, 2.45) is 0 Å². The van der Waals surface area contributed by atoms with E-state index in [-0.39, 0.29) is 11.8 Å². The molecular weight excluding hydrogens is 594 g/mol. The molecule has 2 heterocycles. The van der Waals surface area contributed by atoms with Gasteiger partial charge in [0.15, 0.2) is 0 Å². The number of aryl methyl sites for hydroxylation is 2. The van der Waals surface area contributed by atoms with Crippen LogP contribution in [0.4, 0.5) is 11.6 Å². The van der Waals surface area contributed by atoms with Gasteiger partial charge in [-0.05, 0) is 60.6 Å². The van der Waals surface area contributed by atoms with Crippen LogP contribution in [0.25, 0.3) is 0 Å².